The standard InChI is InChI=1S/C19H21N5O/c1-22(18(25)15-13-17-5-2-3-10-24(17)14-15)16-6-11-23(12-7-16)19-20-8-4-9-21-19/h2-5,8-10,13-14,16H,6-7,11-12H2,1H3. The van der Waals surface area contributed by atoms with E-state index >= 15 is 0 Å². The Hall–Kier alpha value is -2.89. The molecule has 6 nitrogen and oxygen atoms in total. The Morgan fingerprint density at radius 1 is 1.16 bits per heavy atom. The van der Waals surface area contributed by atoms with Gasteiger partial charge in [-0.25, -0.2) is 9.97 Å². The molecule has 25 heavy (non-hydrogen) atoms. The highest BCUT2D eigenvalue weighted by molar-refractivity contribution is 5.95. The Bertz CT molecular complexity index is 835. The summed E-state index contributed by atoms with van der Waals surface area (Å²) in [5.74, 6) is 0.853. The van der Waals surface area contributed by atoms with Crippen LogP contribution in [0.1, 0.15) is 23.2 Å². The molecule has 0 aliphatic carbocycles. The van der Waals surface area contributed by atoms with Crippen molar-refractivity contribution in [1.29, 1.82) is 0 Å². The molecule has 3 aromatic rings. The maximum absolute atomic E-state index is 12.8. The molecule has 0 spiro atoms. The van der Waals surface area contributed by atoms with Crippen LogP contribution in [0.4, 0.5) is 5.95 Å². The lowest BCUT2D eigenvalue weighted by molar-refractivity contribution is 0.0709. The molecule has 1 aliphatic heterocycles. The van der Waals surface area contributed by atoms with Crippen molar-refractivity contribution < 1.29 is 4.79 Å². The molecule has 1 aliphatic rings. The van der Waals surface area contributed by atoms with E-state index in [-0.39, 0.29) is 11.9 Å². The van der Waals surface area contributed by atoms with Crippen LogP contribution < -0.4 is 4.90 Å². The smallest absolute Gasteiger partial charge is 0.255 e. The number of piperidine rings is 1. The van der Waals surface area contributed by atoms with Crippen LogP contribution in [0.15, 0.2) is 55.1 Å². The fraction of sp³-hybridized carbons (Fsp3) is 0.316. The highest BCUT2D eigenvalue weighted by Gasteiger charge is 2.27. The number of aromatic nitrogens is 3. The second-order valence-electron chi connectivity index (χ2n) is 6.44. The van der Waals surface area contributed by atoms with Crippen molar-refractivity contribution in [3.8, 4) is 0 Å². The Morgan fingerprint density at radius 2 is 1.92 bits per heavy atom. The van der Waals surface area contributed by atoms with Gasteiger partial charge in [0.15, 0.2) is 0 Å². The van der Waals surface area contributed by atoms with Gasteiger partial charge in [0.05, 0.1) is 5.56 Å². The number of pyridine rings is 1. The second kappa shape index (κ2) is 6.55. The molecular weight excluding hydrogens is 314 g/mol. The maximum atomic E-state index is 12.8. The normalized spacial score (nSPS) is 15.5. The van der Waals surface area contributed by atoms with Crippen LogP contribution in [0.2, 0.25) is 0 Å². The van der Waals surface area contributed by atoms with Crippen molar-refractivity contribution in [2.75, 3.05) is 25.0 Å². The highest BCUT2D eigenvalue weighted by Crippen LogP contribution is 2.21. The van der Waals surface area contributed by atoms with Crippen molar-refractivity contribution in [1.82, 2.24) is 19.3 Å². The molecule has 0 radical (unpaired) electrons. The van der Waals surface area contributed by atoms with Crippen LogP contribution in [0, 0.1) is 0 Å². The van der Waals surface area contributed by atoms with E-state index in [2.05, 4.69) is 14.9 Å². The third-order valence-corrected chi connectivity index (χ3v) is 4.92. The highest BCUT2D eigenvalue weighted by atomic mass is 16.2. The number of carbonyl (C=O) groups excluding carboxylic acids is 1. The van der Waals surface area contributed by atoms with Crippen LogP contribution in [0.25, 0.3) is 5.52 Å². The van der Waals surface area contributed by atoms with E-state index in [1.165, 1.54) is 0 Å². The average Bonchev–Trinajstić information content (AvgIpc) is 3.12. The number of hydrogen-bond acceptors (Lipinski definition) is 4. The molecule has 0 bridgehead atoms. The topological polar surface area (TPSA) is 53.7 Å². The zero-order valence-corrected chi connectivity index (χ0v) is 14.2. The molecule has 4 heterocycles. The molecule has 1 amide bonds. The van der Waals surface area contributed by atoms with E-state index in [1.54, 1.807) is 12.4 Å². The van der Waals surface area contributed by atoms with Crippen molar-refractivity contribution in [3.63, 3.8) is 0 Å². The molecule has 0 unspecified atom stereocenters. The van der Waals surface area contributed by atoms with E-state index in [0.29, 0.717) is 0 Å². The van der Waals surface area contributed by atoms with Gasteiger partial charge in [0.25, 0.3) is 5.91 Å². The minimum Gasteiger partial charge on any atom is -0.341 e. The number of amides is 1. The Kier molecular flexibility index (Phi) is 4.09. The van der Waals surface area contributed by atoms with E-state index < -0.39 is 0 Å². The molecule has 1 fully saturated rings. The van der Waals surface area contributed by atoms with Crippen LogP contribution in [-0.4, -0.2) is 51.4 Å². The Morgan fingerprint density at radius 3 is 2.64 bits per heavy atom. The predicted octanol–water partition coefficient (Wildman–Crippen LogP) is 2.47. The first-order valence-electron chi connectivity index (χ1n) is 8.58. The zero-order valence-electron chi connectivity index (χ0n) is 14.2. The number of anilines is 1. The van der Waals surface area contributed by atoms with Gasteiger partial charge in [0.2, 0.25) is 5.95 Å². The molecule has 1 saturated heterocycles. The summed E-state index contributed by atoms with van der Waals surface area (Å²) in [5, 5.41) is 0. The SMILES string of the molecule is CN(C(=O)c1cc2ccccn2c1)C1CCN(c2ncccn2)CC1. The summed E-state index contributed by atoms with van der Waals surface area (Å²) in [5.41, 5.74) is 1.78. The van der Waals surface area contributed by atoms with E-state index in [4.69, 9.17) is 0 Å². The largest absolute Gasteiger partial charge is 0.341 e. The summed E-state index contributed by atoms with van der Waals surface area (Å²) >= 11 is 0. The summed E-state index contributed by atoms with van der Waals surface area (Å²) in [6.45, 7) is 1.73. The number of rotatable bonds is 3. The van der Waals surface area contributed by atoms with Gasteiger partial charge in [-0.1, -0.05) is 6.07 Å². The van der Waals surface area contributed by atoms with Gasteiger partial charge >= 0.3 is 0 Å². The minimum absolute atomic E-state index is 0.0816. The minimum atomic E-state index is 0.0816. The molecule has 128 valence electrons. The Labute approximate surface area is 146 Å². The van der Waals surface area contributed by atoms with Gasteiger partial charge in [-0.15, -0.1) is 0 Å². The van der Waals surface area contributed by atoms with E-state index in [9.17, 15) is 4.79 Å². The van der Waals surface area contributed by atoms with Gasteiger partial charge in [-0.05, 0) is 37.1 Å². The summed E-state index contributed by atoms with van der Waals surface area (Å²) in [6, 6.07) is 9.97. The lowest BCUT2D eigenvalue weighted by atomic mass is 10.0. The van der Waals surface area contributed by atoms with Crippen LogP contribution in [0.3, 0.4) is 0 Å². The molecular formula is C19H21N5O. The monoisotopic (exact) mass is 335 g/mol. The predicted molar refractivity (Wildman–Crippen MR) is 96.8 cm³/mol. The number of hydrogen-bond donors (Lipinski definition) is 0. The van der Waals surface area contributed by atoms with Crippen molar-refractivity contribution in [2.24, 2.45) is 0 Å². The van der Waals surface area contributed by atoms with Gasteiger partial charge in [-0.2, -0.15) is 0 Å². The lowest BCUT2D eigenvalue weighted by Crippen LogP contribution is -2.46. The Balaban J connectivity index is 1.43. The zero-order chi connectivity index (χ0) is 17.2. The van der Waals surface area contributed by atoms with E-state index in [0.717, 1.165) is 43.0 Å². The number of nitrogens with zero attached hydrogens (tertiary/aromatic N) is 5. The quantitative estimate of drug-likeness (QED) is 0.738. The second-order valence-corrected chi connectivity index (χ2v) is 6.44. The van der Waals surface area contributed by atoms with E-state index in [1.807, 2.05) is 59.1 Å². The molecule has 4 rings (SSSR count). The fourth-order valence-electron chi connectivity index (χ4n) is 3.45. The first-order chi connectivity index (χ1) is 12.2. The summed E-state index contributed by atoms with van der Waals surface area (Å²) in [6.07, 6.45) is 9.25. The molecule has 0 atom stereocenters. The number of carbonyl (C=O) groups is 1. The van der Waals surface area contributed by atoms with Gasteiger partial charge in [-0.3, -0.25) is 4.79 Å². The fourth-order valence-corrected chi connectivity index (χ4v) is 3.45. The third-order valence-electron chi connectivity index (χ3n) is 4.92. The molecule has 0 aromatic carbocycles. The first kappa shape index (κ1) is 15.6. The van der Waals surface area contributed by atoms with Crippen LogP contribution in [-0.2, 0) is 0 Å². The van der Waals surface area contributed by atoms with Crippen LogP contribution >= 0.6 is 0 Å². The summed E-state index contributed by atoms with van der Waals surface area (Å²) < 4.78 is 1.98. The van der Waals surface area contributed by atoms with Crippen molar-refractivity contribution in [2.45, 2.75) is 18.9 Å². The van der Waals surface area contributed by atoms with Gasteiger partial charge < -0.3 is 14.2 Å². The molecule has 0 N–H and O–H groups in total. The molecule has 0 saturated carbocycles. The number of fused-ring (bicyclic) bond motifs is 1. The van der Waals surface area contributed by atoms with Crippen molar-refractivity contribution in [3.05, 3.63) is 60.7 Å². The molecule has 6 heteroatoms. The van der Waals surface area contributed by atoms with Crippen molar-refractivity contribution >= 4 is 17.4 Å². The average molecular weight is 335 g/mol. The lowest BCUT2D eigenvalue weighted by Gasteiger charge is -2.36. The summed E-state index contributed by atoms with van der Waals surface area (Å²) in [7, 11) is 1.91. The van der Waals surface area contributed by atoms with Crippen LogP contribution in [0.5, 0.6) is 0 Å². The van der Waals surface area contributed by atoms with Gasteiger partial charge in [0, 0.05) is 56.5 Å². The van der Waals surface area contributed by atoms with Gasteiger partial charge in [0.1, 0.15) is 0 Å². The molecule has 3 aromatic heterocycles. The maximum Gasteiger partial charge on any atom is 0.255 e. The first-order valence-corrected chi connectivity index (χ1v) is 8.58. The summed E-state index contributed by atoms with van der Waals surface area (Å²) in [4.78, 5) is 25.5. The third kappa shape index (κ3) is 3.07.